The Kier molecular flexibility index (Phi) is 22.8. The van der Waals surface area contributed by atoms with Crippen LogP contribution in [0.3, 0.4) is 0 Å². The number of rotatable bonds is 10. The molecule has 0 saturated carbocycles. The summed E-state index contributed by atoms with van der Waals surface area (Å²) in [6.07, 6.45) is 24.8. The molecule has 4 nitrogen and oxygen atoms in total. The average molecular weight is 409 g/mol. The lowest BCUT2D eigenvalue weighted by Gasteiger charge is -2.13. The van der Waals surface area contributed by atoms with Crippen molar-refractivity contribution in [2.24, 2.45) is 4.99 Å². The highest BCUT2D eigenvalue weighted by Crippen LogP contribution is 2.11. The molecule has 0 aromatic carbocycles. The third-order valence-corrected chi connectivity index (χ3v) is 3.56. The lowest BCUT2D eigenvalue weighted by atomic mass is 10.1. The van der Waals surface area contributed by atoms with Crippen LogP contribution in [-0.2, 0) is 0 Å². The molecule has 0 atom stereocenters. The zero-order valence-corrected chi connectivity index (χ0v) is 19.9. The molecule has 2 N–H and O–H groups in total. The summed E-state index contributed by atoms with van der Waals surface area (Å²) in [6, 6.07) is 0. The Labute approximate surface area is 185 Å². The van der Waals surface area contributed by atoms with Crippen LogP contribution in [0.1, 0.15) is 34.6 Å². The van der Waals surface area contributed by atoms with Crippen LogP contribution in [0.2, 0.25) is 0 Å². The van der Waals surface area contributed by atoms with E-state index in [1.165, 1.54) is 0 Å². The number of nitrogens with one attached hydrogen (secondary N) is 2. The number of allylic oxidation sites excluding steroid dienone is 9. The van der Waals surface area contributed by atoms with Crippen molar-refractivity contribution in [2.75, 3.05) is 14.1 Å². The molecule has 0 saturated heterocycles. The van der Waals surface area contributed by atoms with Crippen LogP contribution in [0, 0.1) is 12.8 Å². The van der Waals surface area contributed by atoms with E-state index < -0.39 is 0 Å². The molecule has 0 spiro atoms. The predicted octanol–water partition coefficient (Wildman–Crippen LogP) is 6.07. The molecule has 0 aromatic rings. The van der Waals surface area contributed by atoms with Gasteiger partial charge in [0.25, 0.3) is 0 Å². The molecule has 0 unspecified atom stereocenters. The SMILES string of the molecule is C#C.C=C/C=C\C(=C/C)N/C=C(\C=C)C(=C)/C=C\N(C)C(C)=N/C=C(\C)NC.CC. The fourth-order valence-electron chi connectivity index (χ4n) is 1.59. The first-order valence-corrected chi connectivity index (χ1v) is 9.76. The summed E-state index contributed by atoms with van der Waals surface area (Å²) < 4.78 is 0. The summed E-state index contributed by atoms with van der Waals surface area (Å²) >= 11 is 0. The van der Waals surface area contributed by atoms with E-state index in [0.29, 0.717) is 0 Å². The van der Waals surface area contributed by atoms with Gasteiger partial charge in [0.15, 0.2) is 0 Å². The molecule has 0 fully saturated rings. The third-order valence-electron chi connectivity index (χ3n) is 3.56. The predicted molar refractivity (Wildman–Crippen MR) is 138 cm³/mol. The molecule has 0 aliphatic carbocycles. The van der Waals surface area contributed by atoms with Gasteiger partial charge in [-0.2, -0.15) is 0 Å². The maximum atomic E-state index is 4.40. The topological polar surface area (TPSA) is 39.7 Å². The van der Waals surface area contributed by atoms with Gasteiger partial charge in [-0.3, -0.25) is 0 Å². The summed E-state index contributed by atoms with van der Waals surface area (Å²) in [4.78, 5) is 6.34. The minimum Gasteiger partial charge on any atom is -0.390 e. The first-order valence-electron chi connectivity index (χ1n) is 9.76. The molecule has 0 aromatic heterocycles. The Hall–Kier alpha value is -3.45. The highest BCUT2D eigenvalue weighted by atomic mass is 15.1. The maximum Gasteiger partial charge on any atom is 0.105 e. The van der Waals surface area contributed by atoms with Gasteiger partial charge in [0.05, 0.1) is 0 Å². The van der Waals surface area contributed by atoms with E-state index >= 15 is 0 Å². The van der Waals surface area contributed by atoms with E-state index in [-0.39, 0.29) is 0 Å². The molecule has 4 heteroatoms. The Morgan fingerprint density at radius 1 is 1.10 bits per heavy atom. The van der Waals surface area contributed by atoms with Gasteiger partial charge in [-0.25, -0.2) is 4.99 Å². The normalized spacial score (nSPS) is 12.3. The molecule has 0 heterocycles. The molecule has 164 valence electrons. The molecule has 0 radical (unpaired) electrons. The smallest absolute Gasteiger partial charge is 0.105 e. The number of hydrogen-bond acceptors (Lipinski definition) is 3. The van der Waals surface area contributed by atoms with Crippen molar-refractivity contribution in [2.45, 2.75) is 34.6 Å². The standard InChI is InChI=1S/C22H32N4.C2H6.C2H2/c1-9-12-13-22(11-3)25-17-21(10-2)18(4)14-15-26(8)20(6)24-16-19(5)23-7;2*1-2/h9-17,23,25H,1-2,4H2,3,5-8H3;1-2H3;1-2H/b13-12-,15-14-,19-16+,21-17+,22-11+,24-20?;;. The molecule has 30 heavy (non-hydrogen) atoms. The fraction of sp³-hybridized carbons (Fsp3) is 0.269. The monoisotopic (exact) mass is 408 g/mol. The van der Waals surface area contributed by atoms with Gasteiger partial charge in [-0.1, -0.05) is 57.9 Å². The first-order chi connectivity index (χ1) is 14.4. The molecule has 0 rings (SSSR count). The van der Waals surface area contributed by atoms with Crippen LogP contribution in [0.15, 0.2) is 102 Å². The van der Waals surface area contributed by atoms with Crippen molar-refractivity contribution < 1.29 is 0 Å². The van der Waals surface area contributed by atoms with Crippen molar-refractivity contribution in [3.63, 3.8) is 0 Å². The zero-order valence-electron chi connectivity index (χ0n) is 19.9. The van der Waals surface area contributed by atoms with E-state index in [4.69, 9.17) is 0 Å². The van der Waals surface area contributed by atoms with Crippen molar-refractivity contribution in [1.82, 2.24) is 15.5 Å². The van der Waals surface area contributed by atoms with E-state index in [1.807, 2.05) is 90.3 Å². The van der Waals surface area contributed by atoms with Crippen LogP contribution in [0.4, 0.5) is 0 Å². The van der Waals surface area contributed by atoms with E-state index in [2.05, 4.69) is 48.2 Å². The average Bonchev–Trinajstić information content (AvgIpc) is 2.80. The largest absolute Gasteiger partial charge is 0.390 e. The molecular weight excluding hydrogens is 368 g/mol. The summed E-state index contributed by atoms with van der Waals surface area (Å²) in [6.45, 7) is 21.5. The number of nitrogens with zero attached hydrogens (tertiary/aromatic N) is 2. The fourth-order valence-corrected chi connectivity index (χ4v) is 1.59. The number of hydrogen-bond donors (Lipinski definition) is 2. The summed E-state index contributed by atoms with van der Waals surface area (Å²) in [7, 11) is 3.81. The lowest BCUT2D eigenvalue weighted by molar-refractivity contribution is 0.682. The van der Waals surface area contributed by atoms with Crippen LogP contribution < -0.4 is 10.6 Å². The van der Waals surface area contributed by atoms with Crippen molar-refractivity contribution >= 4 is 5.84 Å². The van der Waals surface area contributed by atoms with Crippen LogP contribution >= 0.6 is 0 Å². The highest BCUT2D eigenvalue weighted by molar-refractivity contribution is 5.81. The van der Waals surface area contributed by atoms with Crippen LogP contribution in [-0.4, -0.2) is 24.8 Å². The molecule has 0 amide bonds. The van der Waals surface area contributed by atoms with Crippen molar-refractivity contribution in [3.05, 3.63) is 97.3 Å². The molecule has 0 bridgehead atoms. The zero-order chi connectivity index (χ0) is 23.9. The van der Waals surface area contributed by atoms with Gasteiger partial charge in [-0.15, -0.1) is 12.8 Å². The first kappa shape index (κ1) is 31.3. The second-order valence-electron chi connectivity index (χ2n) is 5.48. The van der Waals surface area contributed by atoms with Crippen LogP contribution in [0.5, 0.6) is 0 Å². The van der Waals surface area contributed by atoms with Gasteiger partial charge in [0.2, 0.25) is 0 Å². The molecule has 0 aliphatic rings. The quantitative estimate of drug-likeness (QED) is 0.199. The second kappa shape index (κ2) is 21.8. The van der Waals surface area contributed by atoms with Gasteiger partial charge in [0, 0.05) is 44.1 Å². The number of aliphatic imine (C=N–C) groups is 1. The van der Waals surface area contributed by atoms with E-state index in [1.54, 1.807) is 18.4 Å². The summed E-state index contributed by atoms with van der Waals surface area (Å²) in [5, 5.41) is 6.27. The third kappa shape index (κ3) is 15.6. The lowest BCUT2D eigenvalue weighted by Crippen LogP contribution is -2.17. The summed E-state index contributed by atoms with van der Waals surface area (Å²) in [5.74, 6) is 0.872. The highest BCUT2D eigenvalue weighted by Gasteiger charge is 1.98. The van der Waals surface area contributed by atoms with E-state index in [9.17, 15) is 0 Å². The Balaban J connectivity index is -0.00000171. The van der Waals surface area contributed by atoms with Gasteiger partial charge >= 0.3 is 0 Å². The van der Waals surface area contributed by atoms with E-state index in [0.717, 1.165) is 28.4 Å². The Bertz CT molecular complexity index is 711. The molecule has 0 aliphatic heterocycles. The minimum absolute atomic E-state index is 0.845. The van der Waals surface area contributed by atoms with Crippen molar-refractivity contribution in [1.29, 1.82) is 0 Å². The maximum absolute atomic E-state index is 4.40. The molecular formula is C26H40N4. The van der Waals surface area contributed by atoms with Gasteiger partial charge in [0.1, 0.15) is 5.84 Å². The van der Waals surface area contributed by atoms with Gasteiger partial charge < -0.3 is 15.5 Å². The Morgan fingerprint density at radius 3 is 2.17 bits per heavy atom. The van der Waals surface area contributed by atoms with Gasteiger partial charge in [-0.05, 0) is 44.1 Å². The van der Waals surface area contributed by atoms with Crippen LogP contribution in [0.25, 0.3) is 0 Å². The number of terminal acetylenes is 1. The second-order valence-corrected chi connectivity index (χ2v) is 5.48. The minimum atomic E-state index is 0.845. The van der Waals surface area contributed by atoms with Crippen molar-refractivity contribution in [3.8, 4) is 12.8 Å². The Morgan fingerprint density at radius 2 is 1.70 bits per heavy atom. The summed E-state index contributed by atoms with van der Waals surface area (Å²) in [5.41, 5.74) is 3.71. The number of amidine groups is 1.